The number of ether oxygens (including phenoxy) is 1. The zero-order chi connectivity index (χ0) is 17.9. The molecule has 2 aliphatic rings. The van der Waals surface area contributed by atoms with Gasteiger partial charge >= 0.3 is 0 Å². The van der Waals surface area contributed by atoms with Crippen LogP contribution in [-0.4, -0.2) is 70.5 Å². The van der Waals surface area contributed by atoms with Crippen molar-refractivity contribution in [2.75, 3.05) is 11.9 Å². The topological polar surface area (TPSA) is 155 Å². The van der Waals surface area contributed by atoms with Crippen LogP contribution in [0.5, 0.6) is 0 Å². The Morgan fingerprint density at radius 2 is 2.12 bits per heavy atom. The first-order valence-corrected chi connectivity index (χ1v) is 7.98. The molecular weight excluding hydrogens is 334 g/mol. The van der Waals surface area contributed by atoms with Gasteiger partial charge in [0.15, 0.2) is 17.4 Å². The van der Waals surface area contributed by atoms with Gasteiger partial charge in [-0.15, -0.1) is 0 Å². The Morgan fingerprint density at radius 1 is 1.36 bits per heavy atom. The van der Waals surface area contributed by atoms with Gasteiger partial charge in [0.1, 0.15) is 24.5 Å². The van der Waals surface area contributed by atoms with Crippen LogP contribution in [0, 0.1) is 0 Å². The Balaban J connectivity index is 1.84. The van der Waals surface area contributed by atoms with E-state index in [1.165, 1.54) is 10.9 Å². The molecule has 25 heavy (non-hydrogen) atoms. The molecule has 0 bridgehead atoms. The average Bonchev–Trinajstić information content (AvgIpc) is 3.09. The molecule has 11 nitrogen and oxygen atoms in total. The van der Waals surface area contributed by atoms with Crippen LogP contribution in [0.4, 0.5) is 5.95 Å². The van der Waals surface area contributed by atoms with Gasteiger partial charge in [0.2, 0.25) is 5.95 Å². The monoisotopic (exact) mass is 353 g/mol. The van der Waals surface area contributed by atoms with E-state index in [-0.39, 0.29) is 23.2 Å². The van der Waals surface area contributed by atoms with Gasteiger partial charge in [-0.05, 0) is 6.92 Å². The summed E-state index contributed by atoms with van der Waals surface area (Å²) >= 11 is 0. The zero-order valence-electron chi connectivity index (χ0n) is 13.3. The average molecular weight is 353 g/mol. The summed E-state index contributed by atoms with van der Waals surface area (Å²) in [5.41, 5.74) is -0.353. The van der Waals surface area contributed by atoms with E-state index in [0.29, 0.717) is 6.42 Å². The van der Waals surface area contributed by atoms with Crippen LogP contribution >= 0.6 is 0 Å². The SMILES string of the molecule is C[C@H]1C[C@@H](O)n2c(nc3c(ncn3[C@@H]3O[C@H](CO)[C@@H](O)[C@H]3O)c2=O)N1. The molecule has 6 atom stereocenters. The van der Waals surface area contributed by atoms with E-state index < -0.39 is 42.9 Å². The van der Waals surface area contributed by atoms with Crippen LogP contribution in [-0.2, 0) is 4.74 Å². The van der Waals surface area contributed by atoms with Crippen LogP contribution in [0.3, 0.4) is 0 Å². The van der Waals surface area contributed by atoms with Crippen LogP contribution in [0.25, 0.3) is 11.2 Å². The van der Waals surface area contributed by atoms with Crippen molar-refractivity contribution in [3.63, 3.8) is 0 Å². The molecule has 0 radical (unpaired) electrons. The lowest BCUT2D eigenvalue weighted by molar-refractivity contribution is -0.0511. The molecule has 0 amide bonds. The highest BCUT2D eigenvalue weighted by molar-refractivity contribution is 5.71. The summed E-state index contributed by atoms with van der Waals surface area (Å²) in [6, 6.07) is -0.0790. The Morgan fingerprint density at radius 3 is 2.80 bits per heavy atom. The lowest BCUT2D eigenvalue weighted by Gasteiger charge is -2.28. The summed E-state index contributed by atoms with van der Waals surface area (Å²) in [6.45, 7) is 1.39. The highest BCUT2D eigenvalue weighted by Gasteiger charge is 2.44. The number of nitrogens with zero attached hydrogens (tertiary/aromatic N) is 4. The fourth-order valence-electron chi connectivity index (χ4n) is 3.36. The van der Waals surface area contributed by atoms with Crippen molar-refractivity contribution in [1.29, 1.82) is 0 Å². The lowest BCUT2D eigenvalue weighted by atomic mass is 10.1. The second-order valence-electron chi connectivity index (χ2n) is 6.43. The summed E-state index contributed by atoms with van der Waals surface area (Å²) < 4.78 is 7.95. The predicted octanol–water partition coefficient (Wildman–Crippen LogP) is -2.10. The van der Waals surface area contributed by atoms with Crippen molar-refractivity contribution < 1.29 is 25.2 Å². The molecule has 11 heteroatoms. The van der Waals surface area contributed by atoms with Gasteiger partial charge in [-0.1, -0.05) is 0 Å². The quantitative estimate of drug-likeness (QED) is 0.408. The maximum atomic E-state index is 12.6. The number of aliphatic hydroxyl groups excluding tert-OH is 4. The number of nitrogens with one attached hydrogen (secondary N) is 1. The van der Waals surface area contributed by atoms with E-state index >= 15 is 0 Å². The minimum atomic E-state index is -1.31. The summed E-state index contributed by atoms with van der Waals surface area (Å²) in [6.07, 6.45) is -3.95. The van der Waals surface area contributed by atoms with Crippen LogP contribution in [0.15, 0.2) is 11.1 Å². The van der Waals surface area contributed by atoms with Gasteiger partial charge in [-0.2, -0.15) is 4.98 Å². The van der Waals surface area contributed by atoms with Gasteiger partial charge in [-0.3, -0.25) is 9.36 Å². The van der Waals surface area contributed by atoms with Gasteiger partial charge in [0.05, 0.1) is 12.9 Å². The normalized spacial score (nSPS) is 34.9. The summed E-state index contributed by atoms with van der Waals surface area (Å²) in [4.78, 5) is 21.0. The Bertz CT molecular complexity index is 865. The molecule has 0 spiro atoms. The van der Waals surface area contributed by atoms with Crippen molar-refractivity contribution >= 4 is 17.1 Å². The number of fused-ring (bicyclic) bond motifs is 2. The van der Waals surface area contributed by atoms with Gasteiger partial charge in [0, 0.05) is 12.5 Å². The third-order valence-corrected chi connectivity index (χ3v) is 4.66. The maximum Gasteiger partial charge on any atom is 0.285 e. The third kappa shape index (κ3) is 2.35. The molecule has 5 N–H and O–H groups in total. The highest BCUT2D eigenvalue weighted by atomic mass is 16.6. The Labute approximate surface area is 141 Å². The van der Waals surface area contributed by atoms with Crippen LogP contribution < -0.4 is 10.9 Å². The van der Waals surface area contributed by atoms with E-state index in [1.54, 1.807) is 0 Å². The number of imidazole rings is 1. The molecule has 0 aromatic carbocycles. The van der Waals surface area contributed by atoms with Crippen molar-refractivity contribution in [3.8, 4) is 0 Å². The minimum Gasteiger partial charge on any atom is -0.394 e. The standard InChI is InChI=1S/C14H19N5O6/c1-5-2-7(21)19-12(24)8-11(17-14(19)16-5)18(4-15-8)13-10(23)9(22)6(3-20)25-13/h4-7,9-10,13,20-23H,2-3H2,1H3,(H,16,17)/t5-,6+,7+,9+,10+,13+/m0/s1. The molecule has 0 aliphatic carbocycles. The van der Waals surface area contributed by atoms with Gasteiger partial charge in [-0.25, -0.2) is 9.55 Å². The molecule has 2 aliphatic heterocycles. The first kappa shape index (κ1) is 16.4. The molecule has 4 heterocycles. The number of rotatable bonds is 2. The van der Waals surface area contributed by atoms with E-state index in [1.807, 2.05) is 6.92 Å². The first-order valence-electron chi connectivity index (χ1n) is 7.98. The van der Waals surface area contributed by atoms with Crippen LogP contribution in [0.2, 0.25) is 0 Å². The summed E-state index contributed by atoms with van der Waals surface area (Å²) in [5, 5.41) is 42.5. The maximum absolute atomic E-state index is 12.6. The summed E-state index contributed by atoms with van der Waals surface area (Å²) in [5.74, 6) is 0.192. The van der Waals surface area contributed by atoms with E-state index in [2.05, 4.69) is 15.3 Å². The van der Waals surface area contributed by atoms with E-state index in [4.69, 9.17) is 4.74 Å². The minimum absolute atomic E-state index is 0.0110. The second-order valence-corrected chi connectivity index (χ2v) is 6.43. The molecule has 1 saturated heterocycles. The Hall–Kier alpha value is -2.05. The zero-order valence-corrected chi connectivity index (χ0v) is 13.3. The smallest absolute Gasteiger partial charge is 0.285 e. The largest absolute Gasteiger partial charge is 0.394 e. The molecule has 2 aromatic rings. The fraction of sp³-hybridized carbons (Fsp3) is 0.643. The van der Waals surface area contributed by atoms with Gasteiger partial charge in [0.25, 0.3) is 5.56 Å². The molecular formula is C14H19N5O6. The van der Waals surface area contributed by atoms with Crippen LogP contribution in [0.1, 0.15) is 25.8 Å². The molecule has 4 rings (SSSR count). The lowest BCUT2D eigenvalue weighted by Crippen LogP contribution is -2.38. The number of hydrogen-bond acceptors (Lipinski definition) is 9. The van der Waals surface area contributed by atoms with E-state index in [0.717, 1.165) is 4.57 Å². The number of hydrogen-bond donors (Lipinski definition) is 5. The van der Waals surface area contributed by atoms with Crippen molar-refractivity contribution in [2.45, 2.75) is 50.2 Å². The van der Waals surface area contributed by atoms with Crippen molar-refractivity contribution in [2.24, 2.45) is 0 Å². The highest BCUT2D eigenvalue weighted by Crippen LogP contribution is 2.31. The van der Waals surface area contributed by atoms with Crippen molar-refractivity contribution in [1.82, 2.24) is 19.1 Å². The molecule has 136 valence electrons. The third-order valence-electron chi connectivity index (χ3n) is 4.66. The molecule has 0 unspecified atom stereocenters. The molecule has 1 fully saturated rings. The number of aromatic nitrogens is 4. The predicted molar refractivity (Wildman–Crippen MR) is 83.8 cm³/mol. The van der Waals surface area contributed by atoms with E-state index in [9.17, 15) is 25.2 Å². The second kappa shape index (κ2) is 5.75. The molecule has 2 aromatic heterocycles. The number of aliphatic hydroxyl groups is 4. The van der Waals surface area contributed by atoms with Crippen molar-refractivity contribution in [3.05, 3.63) is 16.7 Å². The first-order chi connectivity index (χ1) is 11.9. The Kier molecular flexibility index (Phi) is 3.77. The van der Waals surface area contributed by atoms with Gasteiger partial charge < -0.3 is 30.5 Å². The molecule has 0 saturated carbocycles. The number of anilines is 1. The summed E-state index contributed by atoms with van der Waals surface area (Å²) in [7, 11) is 0. The fourth-order valence-corrected chi connectivity index (χ4v) is 3.36.